The number of nitrogens with one attached hydrogen (secondary N) is 2. The molecule has 0 aliphatic carbocycles. The summed E-state index contributed by atoms with van der Waals surface area (Å²) in [6.07, 6.45) is 3.55. The molecule has 2 N–H and O–H groups in total. The van der Waals surface area contributed by atoms with Crippen LogP contribution in [0.15, 0.2) is 54.6 Å². The number of unbranched alkanes of at least 4 members (excludes halogenated alkanes) is 1. The number of rotatable bonds is 7. The lowest BCUT2D eigenvalue weighted by Gasteiger charge is -2.39. The van der Waals surface area contributed by atoms with Crippen molar-refractivity contribution in [3.05, 3.63) is 71.3 Å². The Morgan fingerprint density at radius 3 is 2.57 bits per heavy atom. The van der Waals surface area contributed by atoms with Crippen molar-refractivity contribution in [1.82, 2.24) is 15.5 Å². The average Bonchev–Trinajstić information content (AvgIpc) is 2.78. The minimum absolute atomic E-state index is 0.00435. The lowest BCUT2D eigenvalue weighted by molar-refractivity contribution is -0.126. The van der Waals surface area contributed by atoms with Crippen molar-refractivity contribution >= 4 is 11.9 Å². The molecule has 0 spiro atoms. The summed E-state index contributed by atoms with van der Waals surface area (Å²) in [4.78, 5) is 27.7. The summed E-state index contributed by atoms with van der Waals surface area (Å²) in [5, 5.41) is 6.09. The molecule has 0 saturated carbocycles. The molecule has 3 rings (SSSR count). The molecule has 5 heteroatoms. The summed E-state index contributed by atoms with van der Waals surface area (Å²) < 4.78 is 0. The average molecular weight is 408 g/mol. The summed E-state index contributed by atoms with van der Waals surface area (Å²) in [6.45, 7) is 5.79. The molecular weight excluding hydrogens is 374 g/mol. The van der Waals surface area contributed by atoms with Crippen LogP contribution in [0.1, 0.15) is 55.3 Å². The normalized spacial score (nSPS) is 18.7. The number of hydrogen-bond donors (Lipinski definition) is 2. The van der Waals surface area contributed by atoms with Gasteiger partial charge in [-0.15, -0.1) is 0 Å². The second-order valence-electron chi connectivity index (χ2n) is 8.15. The number of carbonyl (C=O) groups excluding carboxylic acids is 2. The number of hydrogen-bond acceptors (Lipinski definition) is 2. The Balaban J connectivity index is 1.68. The highest BCUT2D eigenvalue weighted by Crippen LogP contribution is 2.34. The van der Waals surface area contributed by atoms with Gasteiger partial charge in [0.1, 0.15) is 0 Å². The SMILES string of the molecule is CCCCNC(=O)N1C[C@@H](C(=O)NCc2ccccc2)CC[C@H]1c1cccc(C)c1. The highest BCUT2D eigenvalue weighted by atomic mass is 16.2. The summed E-state index contributed by atoms with van der Waals surface area (Å²) in [5.41, 5.74) is 3.40. The van der Waals surface area contributed by atoms with Crippen LogP contribution in [0, 0.1) is 12.8 Å². The Labute approximate surface area is 179 Å². The Kier molecular flexibility index (Phi) is 7.89. The van der Waals surface area contributed by atoms with Crippen molar-refractivity contribution in [2.75, 3.05) is 13.1 Å². The molecule has 160 valence electrons. The van der Waals surface area contributed by atoms with E-state index >= 15 is 0 Å². The van der Waals surface area contributed by atoms with Crippen LogP contribution in [0.5, 0.6) is 0 Å². The van der Waals surface area contributed by atoms with Gasteiger partial charge in [0.2, 0.25) is 5.91 Å². The predicted octanol–water partition coefficient (Wildman–Crippen LogP) is 4.57. The molecule has 0 unspecified atom stereocenters. The number of aryl methyl sites for hydroxylation is 1. The molecule has 0 bridgehead atoms. The molecule has 3 amide bonds. The van der Waals surface area contributed by atoms with Crippen molar-refractivity contribution in [3.63, 3.8) is 0 Å². The standard InChI is InChI=1S/C25H33N3O2/c1-3-4-15-26-25(30)28-18-22(24(29)27-17-20-10-6-5-7-11-20)13-14-23(28)21-12-8-9-19(2)16-21/h5-12,16,22-23H,3-4,13-15,17-18H2,1-2H3,(H,26,30)(H,27,29)/t22-,23-/m0/s1. The van der Waals surface area contributed by atoms with Crippen LogP contribution in [-0.4, -0.2) is 29.9 Å². The molecule has 2 atom stereocenters. The lowest BCUT2D eigenvalue weighted by atomic mass is 9.88. The third kappa shape index (κ3) is 5.85. The zero-order chi connectivity index (χ0) is 21.3. The van der Waals surface area contributed by atoms with Crippen molar-refractivity contribution in [3.8, 4) is 0 Å². The van der Waals surface area contributed by atoms with E-state index in [2.05, 4.69) is 42.7 Å². The predicted molar refractivity (Wildman–Crippen MR) is 120 cm³/mol. The van der Waals surface area contributed by atoms with E-state index in [9.17, 15) is 9.59 Å². The number of urea groups is 1. The van der Waals surface area contributed by atoms with Crippen LogP contribution in [0.2, 0.25) is 0 Å². The highest BCUT2D eigenvalue weighted by Gasteiger charge is 2.35. The number of likely N-dealkylation sites (tertiary alicyclic amines) is 1. The zero-order valence-corrected chi connectivity index (χ0v) is 18.1. The van der Waals surface area contributed by atoms with Crippen molar-refractivity contribution in [2.24, 2.45) is 5.92 Å². The molecule has 1 aliphatic rings. The fraction of sp³-hybridized carbons (Fsp3) is 0.440. The van der Waals surface area contributed by atoms with Gasteiger partial charge >= 0.3 is 6.03 Å². The third-order valence-corrected chi connectivity index (χ3v) is 5.76. The van der Waals surface area contributed by atoms with Gasteiger partial charge in [-0.3, -0.25) is 4.79 Å². The van der Waals surface area contributed by atoms with Crippen LogP contribution < -0.4 is 10.6 Å². The number of nitrogens with zero attached hydrogens (tertiary/aromatic N) is 1. The number of piperidine rings is 1. The van der Waals surface area contributed by atoms with Gasteiger partial charge in [0.05, 0.1) is 12.0 Å². The third-order valence-electron chi connectivity index (χ3n) is 5.76. The first kappa shape index (κ1) is 21.9. The number of benzene rings is 2. The van der Waals surface area contributed by atoms with Crippen molar-refractivity contribution in [1.29, 1.82) is 0 Å². The Bertz CT molecular complexity index is 837. The summed E-state index contributed by atoms with van der Waals surface area (Å²) in [7, 11) is 0. The highest BCUT2D eigenvalue weighted by molar-refractivity contribution is 5.81. The second kappa shape index (κ2) is 10.8. The Morgan fingerprint density at radius 2 is 1.83 bits per heavy atom. The lowest BCUT2D eigenvalue weighted by Crippen LogP contribution is -2.50. The smallest absolute Gasteiger partial charge is 0.317 e. The molecule has 1 saturated heterocycles. The Morgan fingerprint density at radius 1 is 1.03 bits per heavy atom. The van der Waals surface area contributed by atoms with E-state index in [0.29, 0.717) is 19.6 Å². The van der Waals surface area contributed by atoms with E-state index in [4.69, 9.17) is 0 Å². The van der Waals surface area contributed by atoms with Crippen LogP contribution in [0.4, 0.5) is 4.79 Å². The largest absolute Gasteiger partial charge is 0.352 e. The monoisotopic (exact) mass is 407 g/mol. The Hall–Kier alpha value is -2.82. The van der Waals surface area contributed by atoms with E-state index in [0.717, 1.165) is 36.8 Å². The van der Waals surface area contributed by atoms with Crippen molar-refractivity contribution in [2.45, 2.75) is 52.1 Å². The number of amides is 3. The molecule has 1 fully saturated rings. The summed E-state index contributed by atoms with van der Waals surface area (Å²) >= 11 is 0. The maximum atomic E-state index is 13.0. The number of carbonyl (C=O) groups is 2. The van der Waals surface area contributed by atoms with Gasteiger partial charge in [0.15, 0.2) is 0 Å². The fourth-order valence-electron chi connectivity index (χ4n) is 4.04. The van der Waals surface area contributed by atoms with E-state index < -0.39 is 0 Å². The first-order valence-electron chi connectivity index (χ1n) is 11.0. The molecule has 0 radical (unpaired) electrons. The zero-order valence-electron chi connectivity index (χ0n) is 18.1. The van der Waals surface area contributed by atoms with Gasteiger partial charge in [-0.2, -0.15) is 0 Å². The molecule has 1 heterocycles. The second-order valence-corrected chi connectivity index (χ2v) is 8.15. The maximum absolute atomic E-state index is 13.0. The van der Waals surface area contributed by atoms with Gasteiger partial charge < -0.3 is 15.5 Å². The van der Waals surface area contributed by atoms with Gasteiger partial charge in [0, 0.05) is 19.6 Å². The van der Waals surface area contributed by atoms with E-state index in [1.807, 2.05) is 41.3 Å². The molecule has 1 aliphatic heterocycles. The van der Waals surface area contributed by atoms with E-state index in [-0.39, 0.29) is 23.9 Å². The maximum Gasteiger partial charge on any atom is 0.317 e. The first-order chi connectivity index (χ1) is 14.6. The molecule has 2 aromatic rings. The van der Waals surface area contributed by atoms with Crippen LogP contribution in [-0.2, 0) is 11.3 Å². The van der Waals surface area contributed by atoms with Crippen LogP contribution >= 0.6 is 0 Å². The molecular formula is C25H33N3O2. The first-order valence-corrected chi connectivity index (χ1v) is 11.0. The van der Waals surface area contributed by atoms with Gasteiger partial charge in [-0.25, -0.2) is 4.79 Å². The fourth-order valence-corrected chi connectivity index (χ4v) is 4.04. The summed E-state index contributed by atoms with van der Waals surface area (Å²) in [5.74, 6) is -0.167. The van der Waals surface area contributed by atoms with E-state index in [1.165, 1.54) is 5.56 Å². The molecule has 5 nitrogen and oxygen atoms in total. The van der Waals surface area contributed by atoms with Gasteiger partial charge in [-0.1, -0.05) is 73.5 Å². The van der Waals surface area contributed by atoms with Crippen LogP contribution in [0.25, 0.3) is 0 Å². The summed E-state index contributed by atoms with van der Waals surface area (Å²) in [6, 6.07) is 18.2. The molecule has 2 aromatic carbocycles. The molecule has 0 aromatic heterocycles. The van der Waals surface area contributed by atoms with Crippen LogP contribution in [0.3, 0.4) is 0 Å². The minimum Gasteiger partial charge on any atom is -0.352 e. The van der Waals surface area contributed by atoms with Gasteiger partial charge in [-0.05, 0) is 37.3 Å². The minimum atomic E-state index is -0.188. The van der Waals surface area contributed by atoms with Crippen molar-refractivity contribution < 1.29 is 9.59 Å². The molecule has 30 heavy (non-hydrogen) atoms. The van der Waals surface area contributed by atoms with E-state index in [1.54, 1.807) is 0 Å². The quantitative estimate of drug-likeness (QED) is 0.660. The van der Waals surface area contributed by atoms with Gasteiger partial charge in [0.25, 0.3) is 0 Å². The topological polar surface area (TPSA) is 61.4 Å².